The van der Waals surface area contributed by atoms with Crippen molar-refractivity contribution in [1.29, 1.82) is 0 Å². The number of nitrogen functional groups attached to an aromatic ring is 1. The summed E-state index contributed by atoms with van der Waals surface area (Å²) in [6, 6.07) is 1.86. The van der Waals surface area contributed by atoms with Gasteiger partial charge in [-0.05, 0) is 11.5 Å². The first kappa shape index (κ1) is 9.33. The van der Waals surface area contributed by atoms with Crippen LogP contribution in [0.25, 0.3) is 0 Å². The molecule has 12 heavy (non-hydrogen) atoms. The summed E-state index contributed by atoms with van der Waals surface area (Å²) in [5, 5.41) is 0.633. The number of anilines is 1. The Hall–Kier alpha value is -0.760. The lowest BCUT2D eigenvalue weighted by atomic mass is 9.87. The van der Waals surface area contributed by atoms with E-state index in [0.29, 0.717) is 10.8 Å². The largest absolute Gasteiger partial charge is 0.383 e. The van der Waals surface area contributed by atoms with Crippen molar-refractivity contribution in [1.82, 2.24) is 4.98 Å². The molecule has 66 valence electrons. The van der Waals surface area contributed by atoms with E-state index in [1.54, 1.807) is 6.20 Å². The summed E-state index contributed by atoms with van der Waals surface area (Å²) < 4.78 is 0. The van der Waals surface area contributed by atoms with Gasteiger partial charge >= 0.3 is 0 Å². The first-order valence-electron chi connectivity index (χ1n) is 3.83. The van der Waals surface area contributed by atoms with Crippen LogP contribution in [-0.2, 0) is 5.41 Å². The normalized spacial score (nSPS) is 11.7. The number of hydrogen-bond acceptors (Lipinski definition) is 2. The molecule has 1 aromatic rings. The number of rotatable bonds is 0. The molecular formula is C9H13ClN2. The standard InChI is InChI=1S/C9H13ClN2/c1-9(2,3)7-4-6(10)5-12-8(7)11/h4-5H,1-3H3,(H2,11,12). The maximum atomic E-state index is 5.80. The van der Waals surface area contributed by atoms with Crippen LogP contribution in [0.1, 0.15) is 26.3 Å². The fourth-order valence-electron chi connectivity index (χ4n) is 1.05. The average molecular weight is 185 g/mol. The summed E-state index contributed by atoms with van der Waals surface area (Å²) in [6.45, 7) is 6.24. The van der Waals surface area contributed by atoms with E-state index in [9.17, 15) is 0 Å². The number of pyridine rings is 1. The third kappa shape index (κ3) is 1.89. The number of nitrogens with two attached hydrogens (primary N) is 1. The number of halogens is 1. The average Bonchev–Trinajstić information content (AvgIpc) is 1.92. The van der Waals surface area contributed by atoms with Gasteiger partial charge in [0.2, 0.25) is 0 Å². The first-order valence-corrected chi connectivity index (χ1v) is 4.20. The highest BCUT2D eigenvalue weighted by molar-refractivity contribution is 6.30. The van der Waals surface area contributed by atoms with Crippen LogP contribution in [0.15, 0.2) is 12.3 Å². The molecule has 1 heterocycles. The fourth-order valence-corrected chi connectivity index (χ4v) is 1.21. The Kier molecular flexibility index (Phi) is 2.29. The quantitative estimate of drug-likeness (QED) is 0.673. The molecule has 3 heteroatoms. The summed E-state index contributed by atoms with van der Waals surface area (Å²) in [6.07, 6.45) is 1.56. The molecule has 0 amide bonds. The van der Waals surface area contributed by atoms with E-state index < -0.39 is 0 Å². The third-order valence-electron chi connectivity index (χ3n) is 1.69. The predicted molar refractivity (Wildman–Crippen MR) is 52.4 cm³/mol. The van der Waals surface area contributed by atoms with Gasteiger partial charge < -0.3 is 5.73 Å². The molecule has 0 aliphatic rings. The maximum Gasteiger partial charge on any atom is 0.127 e. The molecule has 0 fully saturated rings. The minimum atomic E-state index is 0.00197. The van der Waals surface area contributed by atoms with Crippen LogP contribution in [0.5, 0.6) is 0 Å². The summed E-state index contributed by atoms with van der Waals surface area (Å²) in [5.74, 6) is 0.562. The van der Waals surface area contributed by atoms with Crippen molar-refractivity contribution in [2.24, 2.45) is 0 Å². The van der Waals surface area contributed by atoms with Crippen LogP contribution in [0.2, 0.25) is 5.02 Å². The lowest BCUT2D eigenvalue weighted by Gasteiger charge is -2.20. The van der Waals surface area contributed by atoms with Crippen LogP contribution in [-0.4, -0.2) is 4.98 Å². The van der Waals surface area contributed by atoms with Crippen LogP contribution in [0, 0.1) is 0 Å². The van der Waals surface area contributed by atoms with Gasteiger partial charge in [-0.2, -0.15) is 0 Å². The second kappa shape index (κ2) is 2.94. The van der Waals surface area contributed by atoms with Crippen molar-refractivity contribution >= 4 is 17.4 Å². The molecule has 0 saturated heterocycles. The molecule has 2 nitrogen and oxygen atoms in total. The minimum Gasteiger partial charge on any atom is -0.383 e. The molecule has 0 unspecified atom stereocenters. The molecule has 0 radical (unpaired) electrons. The molecule has 0 atom stereocenters. The summed E-state index contributed by atoms with van der Waals surface area (Å²) >= 11 is 5.80. The van der Waals surface area contributed by atoms with Crippen molar-refractivity contribution in [2.75, 3.05) is 5.73 Å². The topological polar surface area (TPSA) is 38.9 Å². The van der Waals surface area contributed by atoms with Crippen molar-refractivity contribution in [3.8, 4) is 0 Å². The van der Waals surface area contributed by atoms with Gasteiger partial charge in [0.25, 0.3) is 0 Å². The van der Waals surface area contributed by atoms with E-state index in [1.165, 1.54) is 0 Å². The number of hydrogen-bond donors (Lipinski definition) is 1. The molecule has 0 aliphatic carbocycles. The number of nitrogens with zero attached hydrogens (tertiary/aromatic N) is 1. The van der Waals surface area contributed by atoms with Crippen molar-refractivity contribution in [2.45, 2.75) is 26.2 Å². The van der Waals surface area contributed by atoms with Crippen LogP contribution in [0.4, 0.5) is 5.82 Å². The fraction of sp³-hybridized carbons (Fsp3) is 0.444. The summed E-state index contributed by atoms with van der Waals surface area (Å²) in [4.78, 5) is 3.99. The van der Waals surface area contributed by atoms with Gasteiger partial charge in [0, 0.05) is 11.8 Å². The first-order chi connectivity index (χ1) is 5.41. The van der Waals surface area contributed by atoms with E-state index in [4.69, 9.17) is 17.3 Å². The second-order valence-corrected chi connectivity index (χ2v) is 4.27. The zero-order valence-electron chi connectivity index (χ0n) is 7.56. The van der Waals surface area contributed by atoms with Gasteiger partial charge in [0.05, 0.1) is 5.02 Å². The van der Waals surface area contributed by atoms with Gasteiger partial charge in [-0.25, -0.2) is 4.98 Å². The van der Waals surface area contributed by atoms with E-state index in [2.05, 4.69) is 25.8 Å². The Morgan fingerprint density at radius 2 is 2.00 bits per heavy atom. The zero-order chi connectivity index (χ0) is 9.35. The minimum absolute atomic E-state index is 0.00197. The lowest BCUT2D eigenvalue weighted by Crippen LogP contribution is -2.14. The highest BCUT2D eigenvalue weighted by atomic mass is 35.5. The third-order valence-corrected chi connectivity index (χ3v) is 1.90. The second-order valence-electron chi connectivity index (χ2n) is 3.84. The Labute approximate surface area is 77.8 Å². The zero-order valence-corrected chi connectivity index (χ0v) is 8.31. The van der Waals surface area contributed by atoms with Gasteiger partial charge in [-0.1, -0.05) is 32.4 Å². The molecule has 0 bridgehead atoms. The Morgan fingerprint density at radius 3 is 2.42 bits per heavy atom. The molecule has 0 saturated carbocycles. The molecule has 0 aromatic carbocycles. The molecule has 1 aromatic heterocycles. The highest BCUT2D eigenvalue weighted by Crippen LogP contribution is 2.28. The molecule has 2 N–H and O–H groups in total. The number of aromatic nitrogens is 1. The Morgan fingerprint density at radius 1 is 1.42 bits per heavy atom. The van der Waals surface area contributed by atoms with E-state index in [0.717, 1.165) is 5.56 Å². The maximum absolute atomic E-state index is 5.80. The van der Waals surface area contributed by atoms with E-state index >= 15 is 0 Å². The van der Waals surface area contributed by atoms with Gasteiger partial charge in [0.15, 0.2) is 0 Å². The van der Waals surface area contributed by atoms with Gasteiger partial charge in [-0.3, -0.25) is 0 Å². The molecule has 1 rings (SSSR count). The van der Waals surface area contributed by atoms with Crippen molar-refractivity contribution < 1.29 is 0 Å². The monoisotopic (exact) mass is 184 g/mol. The molecule has 0 spiro atoms. The summed E-state index contributed by atoms with van der Waals surface area (Å²) in [7, 11) is 0. The Bertz CT molecular complexity index is 289. The van der Waals surface area contributed by atoms with Gasteiger partial charge in [0.1, 0.15) is 5.82 Å². The van der Waals surface area contributed by atoms with Crippen molar-refractivity contribution in [3.05, 3.63) is 22.8 Å². The van der Waals surface area contributed by atoms with Crippen LogP contribution >= 0.6 is 11.6 Å². The predicted octanol–water partition coefficient (Wildman–Crippen LogP) is 2.61. The van der Waals surface area contributed by atoms with Crippen molar-refractivity contribution in [3.63, 3.8) is 0 Å². The van der Waals surface area contributed by atoms with Crippen LogP contribution < -0.4 is 5.73 Å². The van der Waals surface area contributed by atoms with Gasteiger partial charge in [-0.15, -0.1) is 0 Å². The Balaban J connectivity index is 3.23. The smallest absolute Gasteiger partial charge is 0.127 e. The SMILES string of the molecule is CC(C)(C)c1cc(Cl)cnc1N. The molecule has 0 aliphatic heterocycles. The van der Waals surface area contributed by atoms with E-state index in [-0.39, 0.29) is 5.41 Å². The highest BCUT2D eigenvalue weighted by Gasteiger charge is 2.17. The van der Waals surface area contributed by atoms with E-state index in [1.807, 2.05) is 6.07 Å². The summed E-state index contributed by atoms with van der Waals surface area (Å²) in [5.41, 5.74) is 6.70. The molecular weight excluding hydrogens is 172 g/mol. The lowest BCUT2D eigenvalue weighted by molar-refractivity contribution is 0.590. The van der Waals surface area contributed by atoms with Crippen LogP contribution in [0.3, 0.4) is 0 Å².